The summed E-state index contributed by atoms with van der Waals surface area (Å²) >= 11 is 30.5. The van der Waals surface area contributed by atoms with Gasteiger partial charge >= 0.3 is 0 Å². The van der Waals surface area contributed by atoms with Crippen molar-refractivity contribution < 1.29 is 4.42 Å². The summed E-state index contributed by atoms with van der Waals surface area (Å²) < 4.78 is 13.5. The van der Waals surface area contributed by atoms with Crippen LogP contribution in [0.25, 0.3) is 207 Å². The maximum atomic E-state index is 6.34. The van der Waals surface area contributed by atoms with Gasteiger partial charge in [0.1, 0.15) is 11.2 Å². The van der Waals surface area contributed by atoms with Gasteiger partial charge in [-0.05, 0) is 134 Å². The average molecular weight is 1710 g/mol. The van der Waals surface area contributed by atoms with Gasteiger partial charge in [-0.15, -0.1) is 34.0 Å². The number of benzene rings is 15. The molecule has 122 heavy (non-hydrogen) atoms. The first-order chi connectivity index (χ1) is 60.1. The second kappa shape index (κ2) is 34.0. The molecular formula is C102H60Cl4N12OS3. The Balaban J connectivity index is 0.000000105. The van der Waals surface area contributed by atoms with Crippen LogP contribution in [0.3, 0.4) is 0 Å². The van der Waals surface area contributed by atoms with Crippen molar-refractivity contribution in [3.05, 3.63) is 385 Å². The molecular weight excluding hydrogens is 1650 g/mol. The normalized spacial score (nSPS) is 11.3. The Labute approximate surface area is 730 Å². The first kappa shape index (κ1) is 76.6. The van der Waals surface area contributed by atoms with Crippen LogP contribution in [-0.2, 0) is 0 Å². The first-order valence-electron chi connectivity index (χ1n) is 38.9. The summed E-state index contributed by atoms with van der Waals surface area (Å²) in [7, 11) is 0. The van der Waals surface area contributed by atoms with Crippen molar-refractivity contribution in [2.24, 2.45) is 0 Å². The van der Waals surface area contributed by atoms with Crippen LogP contribution >= 0.6 is 80.4 Å². The maximum Gasteiger partial charge on any atom is 0.226 e. The van der Waals surface area contributed by atoms with Crippen LogP contribution in [0.1, 0.15) is 0 Å². The zero-order chi connectivity index (χ0) is 82.0. The second-order valence-electron chi connectivity index (χ2n) is 28.3. The molecule has 0 aliphatic rings. The van der Waals surface area contributed by atoms with E-state index in [0.717, 1.165) is 98.8 Å². The molecule has 8 heterocycles. The molecule has 0 fully saturated rings. The van der Waals surface area contributed by atoms with Gasteiger partial charge < -0.3 is 4.42 Å². The number of hydrogen-bond donors (Lipinski definition) is 0. The molecule has 0 radical (unpaired) electrons. The Morgan fingerprint density at radius 2 is 0.475 bits per heavy atom. The summed E-state index contributed by atoms with van der Waals surface area (Å²) in [4.78, 5) is 53.9. The molecule has 23 aromatic rings. The van der Waals surface area contributed by atoms with Crippen molar-refractivity contribution in [2.75, 3.05) is 0 Å². The maximum absolute atomic E-state index is 6.34. The number of para-hydroxylation sites is 1. The molecule has 580 valence electrons. The van der Waals surface area contributed by atoms with E-state index < -0.39 is 0 Å². The van der Waals surface area contributed by atoms with Gasteiger partial charge in [0.05, 0.1) is 0 Å². The lowest BCUT2D eigenvalue weighted by Crippen LogP contribution is -1.97. The zero-order valence-corrected chi connectivity index (χ0v) is 69.6. The van der Waals surface area contributed by atoms with Crippen LogP contribution in [-0.4, -0.2) is 59.8 Å². The van der Waals surface area contributed by atoms with Crippen molar-refractivity contribution in [1.29, 1.82) is 0 Å². The highest BCUT2D eigenvalue weighted by molar-refractivity contribution is 7.27. The van der Waals surface area contributed by atoms with Gasteiger partial charge in [-0.3, -0.25) is 0 Å². The van der Waals surface area contributed by atoms with E-state index in [9.17, 15) is 0 Å². The average Bonchev–Trinajstić information content (AvgIpc) is 1.77. The summed E-state index contributed by atoms with van der Waals surface area (Å²) in [6.45, 7) is 0. The molecule has 0 spiro atoms. The molecule has 0 saturated heterocycles. The van der Waals surface area contributed by atoms with Crippen molar-refractivity contribution in [1.82, 2.24) is 59.8 Å². The molecule has 13 nitrogen and oxygen atoms in total. The Morgan fingerprint density at radius 3 is 0.984 bits per heavy atom. The smallest absolute Gasteiger partial charge is 0.226 e. The molecule has 8 aromatic heterocycles. The fraction of sp³-hybridized carbons (Fsp3) is 0. The molecule has 0 unspecified atom stereocenters. The summed E-state index contributed by atoms with van der Waals surface area (Å²) in [5.74, 6) is 4.51. The molecule has 15 aromatic carbocycles. The summed E-state index contributed by atoms with van der Waals surface area (Å²) in [6, 6.07) is 123. The van der Waals surface area contributed by atoms with E-state index >= 15 is 0 Å². The third-order valence-electron chi connectivity index (χ3n) is 20.8. The van der Waals surface area contributed by atoms with E-state index in [2.05, 4.69) is 204 Å². The Hall–Kier alpha value is -14.0. The largest absolute Gasteiger partial charge is 0.456 e. The van der Waals surface area contributed by atoms with E-state index in [0.29, 0.717) is 46.6 Å². The standard InChI is InChI=1S/C33H20ClN3S.C27H16ClN3O.2C21H12ClN3S/c34-33-36-31(24-14-10-22(11-15-24)21-6-2-1-3-7-21)35-32(37-33)25-16-12-23(13-17-25)26-18-19-30-28(20-26)27-8-4-5-9-29(27)38-30;28-27-30-25(19-15-13-18(14-16-19)17-7-2-1-3-8-17)29-26(31-27)21-10-6-12-23-24(21)20-9-4-5-11-22(20)32-23;22-21-24-19(13-7-2-1-3-8-13)23-20(25-21)16-11-6-10-15-14-9-4-5-12-17(14)26-18(15)16;22-21-24-19(13-7-2-1-3-8-13)23-20(25-21)15-10-6-12-17-18(15)14-9-4-5-11-16(14)26-17/h1-20H;1-16H;2*1-12H. The number of thiophene rings is 3. The fourth-order valence-corrected chi connectivity index (χ4v) is 19.1. The van der Waals surface area contributed by atoms with Gasteiger partial charge in [-0.25, -0.2) is 19.9 Å². The summed E-state index contributed by atoms with van der Waals surface area (Å²) in [6.07, 6.45) is 0. The third kappa shape index (κ3) is 15.9. The number of hydrogen-bond acceptors (Lipinski definition) is 16. The van der Waals surface area contributed by atoms with Crippen LogP contribution in [0.5, 0.6) is 0 Å². The SMILES string of the molecule is Clc1nc(-c2ccc(-c3ccccc3)cc2)nc(-c2ccc(-c3ccc4sc5ccccc5c4c3)cc2)n1.Clc1nc(-c2ccc(-c3ccccc3)cc2)nc(-c2cccc3oc4ccccc4c23)n1.Clc1nc(-c2ccccc2)nc(-c2cccc3c2sc2ccccc23)n1.Clc1nc(-c2ccccc2)nc(-c2cccc3sc4ccccc4c23)n1. The van der Waals surface area contributed by atoms with E-state index in [1.807, 2.05) is 212 Å². The predicted molar refractivity (Wildman–Crippen MR) is 505 cm³/mol. The predicted octanol–water partition coefficient (Wildman–Crippen LogP) is 29.4. The molecule has 23 rings (SSSR count). The quantitative estimate of drug-likeness (QED) is 0.120. The van der Waals surface area contributed by atoms with Gasteiger partial charge in [0.15, 0.2) is 46.6 Å². The number of halogens is 4. The second-order valence-corrected chi connectivity index (χ2v) is 32.9. The lowest BCUT2D eigenvalue weighted by atomic mass is 10.0. The molecule has 0 N–H and O–H groups in total. The molecule has 0 amide bonds. The van der Waals surface area contributed by atoms with Crippen LogP contribution in [0.2, 0.25) is 21.1 Å². The van der Waals surface area contributed by atoms with Crippen LogP contribution < -0.4 is 0 Å². The molecule has 20 heteroatoms. The Morgan fingerprint density at radius 1 is 0.180 bits per heavy atom. The number of nitrogens with zero attached hydrogens (tertiary/aromatic N) is 12. The number of fused-ring (bicyclic) bond motifs is 12. The first-order valence-corrected chi connectivity index (χ1v) is 42.9. The zero-order valence-electron chi connectivity index (χ0n) is 64.2. The van der Waals surface area contributed by atoms with Crippen LogP contribution in [0, 0.1) is 0 Å². The van der Waals surface area contributed by atoms with Crippen molar-refractivity contribution >= 4 is 163 Å². The lowest BCUT2D eigenvalue weighted by Gasteiger charge is -2.08. The van der Waals surface area contributed by atoms with Crippen molar-refractivity contribution in [2.45, 2.75) is 0 Å². The monoisotopic (exact) mass is 1700 g/mol. The topological polar surface area (TPSA) is 168 Å². The fourth-order valence-electron chi connectivity index (χ4n) is 15.0. The highest BCUT2D eigenvalue weighted by atomic mass is 35.5. The third-order valence-corrected chi connectivity index (χ3v) is 25.0. The molecule has 0 saturated carbocycles. The van der Waals surface area contributed by atoms with Gasteiger partial charge in [0.25, 0.3) is 0 Å². The molecule has 0 bridgehead atoms. The molecule has 0 atom stereocenters. The van der Waals surface area contributed by atoms with Gasteiger partial charge in [-0.2, -0.15) is 39.9 Å². The highest BCUT2D eigenvalue weighted by Crippen LogP contribution is 2.44. The van der Waals surface area contributed by atoms with E-state index in [1.54, 1.807) is 22.7 Å². The van der Waals surface area contributed by atoms with Crippen molar-refractivity contribution in [3.8, 4) is 124 Å². The van der Waals surface area contributed by atoms with E-state index in [1.165, 1.54) is 61.6 Å². The summed E-state index contributed by atoms with van der Waals surface area (Å²) in [5.41, 5.74) is 15.8. The minimum Gasteiger partial charge on any atom is -0.456 e. The van der Waals surface area contributed by atoms with Crippen LogP contribution in [0.4, 0.5) is 0 Å². The Kier molecular flexibility index (Phi) is 21.3. The van der Waals surface area contributed by atoms with Gasteiger partial charge in [0.2, 0.25) is 21.1 Å². The van der Waals surface area contributed by atoms with Crippen LogP contribution in [0.15, 0.2) is 368 Å². The van der Waals surface area contributed by atoms with E-state index in [-0.39, 0.29) is 21.1 Å². The molecule has 0 aliphatic heterocycles. The van der Waals surface area contributed by atoms with Gasteiger partial charge in [-0.1, -0.05) is 309 Å². The summed E-state index contributed by atoms with van der Waals surface area (Å²) in [5, 5.41) is 10.1. The Bertz CT molecular complexity index is 7810. The van der Waals surface area contributed by atoms with Crippen molar-refractivity contribution in [3.63, 3.8) is 0 Å². The minimum absolute atomic E-state index is 0.155. The number of aromatic nitrogens is 12. The molecule has 0 aliphatic carbocycles. The lowest BCUT2D eigenvalue weighted by molar-refractivity contribution is 0.669. The van der Waals surface area contributed by atoms with Gasteiger partial charge in [0, 0.05) is 116 Å². The highest BCUT2D eigenvalue weighted by Gasteiger charge is 2.21. The van der Waals surface area contributed by atoms with E-state index in [4.69, 9.17) is 70.8 Å². The minimum atomic E-state index is 0.155. The number of rotatable bonds is 11. The number of furan rings is 1.